The average molecular weight is 352 g/mol. The van der Waals surface area contributed by atoms with Gasteiger partial charge in [-0.1, -0.05) is 18.2 Å². The molecule has 0 amide bonds. The molecule has 0 aliphatic carbocycles. The van der Waals surface area contributed by atoms with E-state index in [1.807, 2.05) is 6.07 Å². The number of hydrogen-bond donors (Lipinski definition) is 1. The van der Waals surface area contributed by atoms with Crippen LogP contribution in [0.4, 0.5) is 20.3 Å². The Labute approximate surface area is 146 Å². The van der Waals surface area contributed by atoms with Crippen molar-refractivity contribution in [3.63, 3.8) is 0 Å². The summed E-state index contributed by atoms with van der Waals surface area (Å²) >= 11 is 0. The van der Waals surface area contributed by atoms with Crippen molar-refractivity contribution in [2.24, 2.45) is 0 Å². The molecule has 0 aliphatic rings. The summed E-state index contributed by atoms with van der Waals surface area (Å²) in [4.78, 5) is 14.5. The monoisotopic (exact) mass is 352 g/mol. The number of anilines is 1. The second kappa shape index (κ2) is 6.57. The fourth-order valence-corrected chi connectivity index (χ4v) is 2.50. The summed E-state index contributed by atoms with van der Waals surface area (Å²) in [7, 11) is 0. The Morgan fingerprint density at radius 3 is 2.50 bits per heavy atom. The molecule has 0 atom stereocenters. The van der Waals surface area contributed by atoms with Crippen molar-refractivity contribution < 1.29 is 13.7 Å². The number of nitriles is 1. The highest BCUT2D eigenvalue weighted by molar-refractivity contribution is 5.80. The van der Waals surface area contributed by atoms with Gasteiger partial charge in [-0.2, -0.15) is 5.26 Å². The number of hydrogen-bond acceptors (Lipinski definition) is 5. The van der Waals surface area contributed by atoms with Crippen molar-refractivity contribution in [1.82, 2.24) is 4.98 Å². The Hall–Kier alpha value is -3.86. The van der Waals surface area contributed by atoms with E-state index >= 15 is 0 Å². The first-order valence-electron chi connectivity index (χ1n) is 7.31. The number of benzene rings is 2. The van der Waals surface area contributed by atoms with Crippen molar-refractivity contribution in [1.29, 1.82) is 5.26 Å². The summed E-state index contributed by atoms with van der Waals surface area (Å²) < 4.78 is 26.8. The zero-order chi connectivity index (χ0) is 18.8. The summed E-state index contributed by atoms with van der Waals surface area (Å²) in [6.07, 6.45) is 0. The molecule has 0 unspecified atom stereocenters. The van der Waals surface area contributed by atoms with Gasteiger partial charge in [0.1, 0.15) is 17.5 Å². The number of nitro groups is 1. The van der Waals surface area contributed by atoms with E-state index in [0.29, 0.717) is 5.56 Å². The molecule has 0 bridgehead atoms. The van der Waals surface area contributed by atoms with E-state index in [1.165, 1.54) is 30.3 Å². The molecule has 1 aromatic heterocycles. The van der Waals surface area contributed by atoms with Crippen molar-refractivity contribution >= 4 is 11.5 Å². The van der Waals surface area contributed by atoms with Crippen LogP contribution in [0.15, 0.2) is 48.5 Å². The van der Waals surface area contributed by atoms with E-state index in [0.717, 1.165) is 12.1 Å². The lowest BCUT2D eigenvalue weighted by Crippen LogP contribution is -2.00. The number of aromatic nitrogens is 1. The third kappa shape index (κ3) is 3.06. The maximum absolute atomic E-state index is 13.6. The SMILES string of the molecule is N#Cc1c(-c2ccc(F)c(F)c2)cc(-c2cccc([N+](=O)[O-])c2)nc1N. The zero-order valence-electron chi connectivity index (χ0n) is 13.1. The van der Waals surface area contributed by atoms with Crippen LogP contribution in [0.25, 0.3) is 22.4 Å². The Bertz CT molecular complexity index is 1080. The van der Waals surface area contributed by atoms with Gasteiger partial charge in [-0.15, -0.1) is 0 Å². The van der Waals surface area contributed by atoms with Crippen molar-refractivity contribution in [2.75, 3.05) is 5.73 Å². The van der Waals surface area contributed by atoms with Crippen LogP contribution < -0.4 is 5.73 Å². The summed E-state index contributed by atoms with van der Waals surface area (Å²) in [6, 6.07) is 12.3. The summed E-state index contributed by atoms with van der Waals surface area (Å²) in [5.74, 6) is -2.21. The van der Waals surface area contributed by atoms with Gasteiger partial charge in [0.15, 0.2) is 11.6 Å². The van der Waals surface area contributed by atoms with Crippen molar-refractivity contribution in [2.45, 2.75) is 0 Å². The molecular weight excluding hydrogens is 342 g/mol. The highest BCUT2D eigenvalue weighted by Gasteiger charge is 2.16. The predicted octanol–water partition coefficient (Wildman–Crippen LogP) is 4.06. The fraction of sp³-hybridized carbons (Fsp3) is 0. The number of non-ortho nitro benzene ring substituents is 1. The number of nitro benzene ring substituents is 1. The lowest BCUT2D eigenvalue weighted by molar-refractivity contribution is -0.384. The molecule has 0 fully saturated rings. The van der Waals surface area contributed by atoms with Gasteiger partial charge in [-0.3, -0.25) is 10.1 Å². The number of nitrogens with two attached hydrogens (primary N) is 1. The van der Waals surface area contributed by atoms with Crippen LogP contribution >= 0.6 is 0 Å². The van der Waals surface area contributed by atoms with E-state index < -0.39 is 16.6 Å². The van der Waals surface area contributed by atoms with Crippen LogP contribution in [0.3, 0.4) is 0 Å². The van der Waals surface area contributed by atoms with Crippen LogP contribution in [0, 0.1) is 33.1 Å². The minimum atomic E-state index is -1.07. The molecule has 0 radical (unpaired) electrons. The number of pyridine rings is 1. The van der Waals surface area contributed by atoms with Gasteiger partial charge in [0, 0.05) is 23.3 Å². The normalized spacial score (nSPS) is 10.3. The minimum absolute atomic E-state index is 0.00480. The lowest BCUT2D eigenvalue weighted by atomic mass is 9.98. The Kier molecular flexibility index (Phi) is 4.29. The van der Waals surface area contributed by atoms with Gasteiger partial charge in [-0.25, -0.2) is 13.8 Å². The molecule has 2 aromatic carbocycles. The molecule has 3 rings (SSSR count). The van der Waals surface area contributed by atoms with Gasteiger partial charge in [0.25, 0.3) is 5.69 Å². The molecule has 8 heteroatoms. The first-order valence-corrected chi connectivity index (χ1v) is 7.31. The van der Waals surface area contributed by atoms with Gasteiger partial charge < -0.3 is 5.73 Å². The molecule has 3 aromatic rings. The van der Waals surface area contributed by atoms with Gasteiger partial charge in [-0.05, 0) is 23.8 Å². The second-order valence-electron chi connectivity index (χ2n) is 5.36. The number of rotatable bonds is 3. The van der Waals surface area contributed by atoms with Crippen LogP contribution in [-0.4, -0.2) is 9.91 Å². The smallest absolute Gasteiger partial charge is 0.270 e. The van der Waals surface area contributed by atoms with Crippen LogP contribution in [-0.2, 0) is 0 Å². The molecule has 0 aliphatic heterocycles. The van der Waals surface area contributed by atoms with Crippen LogP contribution in [0.5, 0.6) is 0 Å². The van der Waals surface area contributed by atoms with Gasteiger partial charge in [0.2, 0.25) is 0 Å². The van der Waals surface area contributed by atoms with E-state index in [9.17, 15) is 24.2 Å². The Balaban J connectivity index is 2.23. The van der Waals surface area contributed by atoms with Crippen LogP contribution in [0.1, 0.15) is 5.56 Å². The van der Waals surface area contributed by atoms with Crippen LogP contribution in [0.2, 0.25) is 0 Å². The Morgan fingerprint density at radius 1 is 1.08 bits per heavy atom. The van der Waals surface area contributed by atoms with Crippen molar-refractivity contribution in [3.05, 3.63) is 75.8 Å². The zero-order valence-corrected chi connectivity index (χ0v) is 13.1. The van der Waals surface area contributed by atoms with Gasteiger partial charge >= 0.3 is 0 Å². The maximum Gasteiger partial charge on any atom is 0.270 e. The first-order chi connectivity index (χ1) is 12.4. The van der Waals surface area contributed by atoms with E-state index in [1.54, 1.807) is 6.07 Å². The summed E-state index contributed by atoms with van der Waals surface area (Å²) in [5.41, 5.74) is 6.86. The van der Waals surface area contributed by atoms with Gasteiger partial charge in [0.05, 0.1) is 10.6 Å². The summed E-state index contributed by atoms with van der Waals surface area (Å²) in [6.45, 7) is 0. The third-order valence-electron chi connectivity index (χ3n) is 3.74. The molecule has 2 N–H and O–H groups in total. The quantitative estimate of drug-likeness (QED) is 0.565. The summed E-state index contributed by atoms with van der Waals surface area (Å²) in [5, 5.41) is 20.3. The molecule has 0 saturated heterocycles. The lowest BCUT2D eigenvalue weighted by Gasteiger charge is -2.10. The van der Waals surface area contributed by atoms with E-state index in [2.05, 4.69) is 4.98 Å². The standard InChI is InChI=1S/C18H10F2N4O2/c19-15-5-4-10(7-16(15)20)13-8-17(23-18(22)14(13)9-21)11-2-1-3-12(6-11)24(25)26/h1-8H,(H2,22,23). The third-order valence-corrected chi connectivity index (χ3v) is 3.74. The van der Waals surface area contributed by atoms with E-state index in [4.69, 9.17) is 5.73 Å². The molecule has 0 saturated carbocycles. The molecular formula is C18H10F2N4O2. The number of halogens is 2. The molecule has 128 valence electrons. The predicted molar refractivity (Wildman–Crippen MR) is 90.8 cm³/mol. The average Bonchev–Trinajstić information content (AvgIpc) is 2.63. The first kappa shape index (κ1) is 17.0. The fourth-order valence-electron chi connectivity index (χ4n) is 2.50. The molecule has 6 nitrogen and oxygen atoms in total. The van der Waals surface area contributed by atoms with Crippen molar-refractivity contribution in [3.8, 4) is 28.5 Å². The molecule has 26 heavy (non-hydrogen) atoms. The number of nitrogen functional groups attached to an aromatic ring is 1. The Morgan fingerprint density at radius 2 is 1.85 bits per heavy atom. The maximum atomic E-state index is 13.6. The molecule has 0 spiro atoms. The van der Waals surface area contributed by atoms with E-state index in [-0.39, 0.29) is 33.9 Å². The highest BCUT2D eigenvalue weighted by atomic mass is 19.2. The minimum Gasteiger partial charge on any atom is -0.383 e. The number of nitrogens with zero attached hydrogens (tertiary/aromatic N) is 3. The topological polar surface area (TPSA) is 106 Å². The molecule has 1 heterocycles. The largest absolute Gasteiger partial charge is 0.383 e. The second-order valence-corrected chi connectivity index (χ2v) is 5.36. The highest BCUT2D eigenvalue weighted by Crippen LogP contribution is 2.32.